The van der Waals surface area contributed by atoms with Crippen LogP contribution in [0, 0.1) is 5.41 Å². The maximum atomic E-state index is 7.53. The number of rotatable bonds is 3. The first kappa shape index (κ1) is 14.1. The Labute approximate surface area is 118 Å². The van der Waals surface area contributed by atoms with Crippen LogP contribution in [0.1, 0.15) is 18.4 Å². The van der Waals surface area contributed by atoms with Gasteiger partial charge in [-0.05, 0) is 32.5 Å². The second-order valence-electron chi connectivity index (χ2n) is 5.08. The summed E-state index contributed by atoms with van der Waals surface area (Å²) in [5, 5.41) is 7.99. The van der Waals surface area contributed by atoms with Crippen molar-refractivity contribution < 1.29 is 0 Å². The maximum absolute atomic E-state index is 7.53. The molecule has 3 N–H and O–H groups in total. The summed E-state index contributed by atoms with van der Waals surface area (Å²) in [6.45, 7) is 2.14. The van der Waals surface area contributed by atoms with E-state index < -0.39 is 0 Å². The highest BCUT2D eigenvalue weighted by atomic mass is 35.5. The minimum Gasteiger partial charge on any atom is -0.384 e. The Morgan fingerprint density at radius 2 is 2.37 bits per heavy atom. The van der Waals surface area contributed by atoms with Crippen LogP contribution in [0.25, 0.3) is 0 Å². The quantitative estimate of drug-likeness (QED) is 0.651. The van der Waals surface area contributed by atoms with Crippen molar-refractivity contribution in [1.29, 1.82) is 5.41 Å². The van der Waals surface area contributed by atoms with Gasteiger partial charge in [-0.2, -0.15) is 0 Å². The largest absolute Gasteiger partial charge is 0.384 e. The highest BCUT2D eigenvalue weighted by molar-refractivity contribution is 6.36. The van der Waals surface area contributed by atoms with Crippen molar-refractivity contribution in [2.75, 3.05) is 32.1 Å². The van der Waals surface area contributed by atoms with Crippen molar-refractivity contribution in [2.24, 2.45) is 5.73 Å². The Bertz CT molecular complexity index is 476. The van der Waals surface area contributed by atoms with Crippen molar-refractivity contribution >= 4 is 23.3 Å². The second kappa shape index (κ2) is 5.75. The molecule has 1 aliphatic rings. The standard InChI is InChI=1S/C13H20ClN5/c1-18-7-3-4-9(8-18)19(2)13-11(14)10(12(15)16)5-6-17-13/h5-6,9H,3-4,7-8H2,1-2H3,(H3,15,16). The molecule has 1 fully saturated rings. The summed E-state index contributed by atoms with van der Waals surface area (Å²) >= 11 is 6.32. The lowest BCUT2D eigenvalue weighted by molar-refractivity contribution is 0.247. The molecule has 2 heterocycles. The van der Waals surface area contributed by atoms with E-state index in [1.165, 1.54) is 6.42 Å². The third-order valence-corrected chi connectivity index (χ3v) is 4.02. The molecule has 0 spiro atoms. The van der Waals surface area contributed by atoms with Crippen LogP contribution in [-0.4, -0.2) is 48.9 Å². The van der Waals surface area contributed by atoms with E-state index in [-0.39, 0.29) is 5.84 Å². The summed E-state index contributed by atoms with van der Waals surface area (Å²) < 4.78 is 0. The van der Waals surface area contributed by atoms with Crippen LogP contribution in [-0.2, 0) is 0 Å². The number of likely N-dealkylation sites (N-methyl/N-ethyl adjacent to an activating group) is 2. The van der Waals surface area contributed by atoms with Crippen LogP contribution >= 0.6 is 11.6 Å². The molecule has 0 saturated carbocycles. The van der Waals surface area contributed by atoms with Gasteiger partial charge in [0.1, 0.15) is 11.7 Å². The van der Waals surface area contributed by atoms with E-state index in [4.69, 9.17) is 22.7 Å². The summed E-state index contributed by atoms with van der Waals surface area (Å²) in [6.07, 6.45) is 3.96. The van der Waals surface area contributed by atoms with Gasteiger partial charge in [-0.1, -0.05) is 11.6 Å². The molecule has 5 nitrogen and oxygen atoms in total. The Morgan fingerprint density at radius 3 is 3.00 bits per heavy atom. The smallest absolute Gasteiger partial charge is 0.148 e. The fraction of sp³-hybridized carbons (Fsp3) is 0.538. The number of nitrogens with two attached hydrogens (primary N) is 1. The highest BCUT2D eigenvalue weighted by Crippen LogP contribution is 2.28. The summed E-state index contributed by atoms with van der Waals surface area (Å²) in [5.74, 6) is 0.678. The van der Waals surface area contributed by atoms with Gasteiger partial charge in [0.25, 0.3) is 0 Å². The van der Waals surface area contributed by atoms with Gasteiger partial charge in [-0.3, -0.25) is 5.41 Å². The summed E-state index contributed by atoms with van der Waals surface area (Å²) in [5.41, 5.74) is 6.07. The van der Waals surface area contributed by atoms with Gasteiger partial charge in [0.2, 0.25) is 0 Å². The van der Waals surface area contributed by atoms with Crippen LogP contribution in [0.5, 0.6) is 0 Å². The van der Waals surface area contributed by atoms with E-state index in [2.05, 4.69) is 21.8 Å². The molecule has 1 unspecified atom stereocenters. The number of pyridine rings is 1. The molecule has 0 radical (unpaired) electrons. The molecule has 1 saturated heterocycles. The summed E-state index contributed by atoms with van der Waals surface area (Å²) in [4.78, 5) is 8.76. The van der Waals surface area contributed by atoms with Crippen molar-refractivity contribution in [1.82, 2.24) is 9.88 Å². The molecule has 1 atom stereocenters. The molecule has 104 valence electrons. The predicted octanol–water partition coefficient (Wildman–Crippen LogP) is 1.55. The number of hydrogen-bond donors (Lipinski definition) is 2. The van der Waals surface area contributed by atoms with Crippen LogP contribution in [0.3, 0.4) is 0 Å². The number of nitrogen functional groups attached to an aromatic ring is 1. The zero-order chi connectivity index (χ0) is 14.0. The van der Waals surface area contributed by atoms with Crippen LogP contribution < -0.4 is 10.6 Å². The molecule has 1 aromatic rings. The third kappa shape index (κ3) is 2.98. The number of hydrogen-bond acceptors (Lipinski definition) is 4. The molecule has 0 bridgehead atoms. The average Bonchev–Trinajstić information content (AvgIpc) is 2.38. The lowest BCUT2D eigenvalue weighted by Gasteiger charge is -2.36. The number of halogens is 1. The number of anilines is 1. The van der Waals surface area contributed by atoms with Crippen LogP contribution in [0.15, 0.2) is 12.3 Å². The molecule has 1 aliphatic heterocycles. The summed E-state index contributed by atoms with van der Waals surface area (Å²) in [7, 11) is 4.13. The number of aromatic nitrogens is 1. The van der Waals surface area contributed by atoms with Gasteiger partial charge in [-0.25, -0.2) is 4.98 Å². The Morgan fingerprint density at radius 1 is 1.63 bits per heavy atom. The number of amidine groups is 1. The predicted molar refractivity (Wildman–Crippen MR) is 79.2 cm³/mol. The number of nitrogens with one attached hydrogen (secondary N) is 1. The molecule has 19 heavy (non-hydrogen) atoms. The van der Waals surface area contributed by atoms with Crippen LogP contribution in [0.2, 0.25) is 5.02 Å². The normalized spacial score (nSPS) is 20.3. The van der Waals surface area contributed by atoms with E-state index in [1.54, 1.807) is 12.3 Å². The van der Waals surface area contributed by atoms with Gasteiger partial charge in [0.05, 0.1) is 5.02 Å². The van der Waals surface area contributed by atoms with E-state index in [1.807, 2.05) is 7.05 Å². The van der Waals surface area contributed by atoms with Gasteiger partial charge in [-0.15, -0.1) is 0 Å². The molecular weight excluding hydrogens is 262 g/mol. The Balaban J connectivity index is 2.26. The highest BCUT2D eigenvalue weighted by Gasteiger charge is 2.24. The minimum absolute atomic E-state index is 0.0252. The van der Waals surface area contributed by atoms with Gasteiger partial charge < -0.3 is 15.5 Å². The van der Waals surface area contributed by atoms with Crippen molar-refractivity contribution in [3.05, 3.63) is 22.8 Å². The number of piperidine rings is 1. The van der Waals surface area contributed by atoms with Crippen molar-refractivity contribution in [2.45, 2.75) is 18.9 Å². The molecular formula is C13H20ClN5. The molecule has 1 aromatic heterocycles. The van der Waals surface area contributed by atoms with E-state index in [9.17, 15) is 0 Å². The number of likely N-dealkylation sites (tertiary alicyclic amines) is 1. The maximum Gasteiger partial charge on any atom is 0.148 e. The van der Waals surface area contributed by atoms with Gasteiger partial charge >= 0.3 is 0 Å². The lowest BCUT2D eigenvalue weighted by Crippen LogP contribution is -2.45. The first-order valence-electron chi connectivity index (χ1n) is 6.41. The molecule has 0 amide bonds. The molecule has 0 aliphatic carbocycles. The third-order valence-electron chi connectivity index (χ3n) is 3.64. The molecule has 0 aromatic carbocycles. The number of nitrogens with zero attached hydrogens (tertiary/aromatic N) is 3. The topological polar surface area (TPSA) is 69.2 Å². The zero-order valence-corrected chi connectivity index (χ0v) is 12.1. The Kier molecular flexibility index (Phi) is 4.27. The zero-order valence-electron chi connectivity index (χ0n) is 11.4. The first-order chi connectivity index (χ1) is 9.00. The van der Waals surface area contributed by atoms with E-state index in [0.717, 1.165) is 19.5 Å². The average molecular weight is 282 g/mol. The molecule has 6 heteroatoms. The van der Waals surface area contributed by atoms with Crippen LogP contribution in [0.4, 0.5) is 5.82 Å². The molecule has 2 rings (SSSR count). The monoisotopic (exact) mass is 281 g/mol. The summed E-state index contributed by atoms with van der Waals surface area (Å²) in [6, 6.07) is 2.07. The lowest BCUT2D eigenvalue weighted by atomic mass is 10.0. The van der Waals surface area contributed by atoms with E-state index in [0.29, 0.717) is 22.4 Å². The van der Waals surface area contributed by atoms with Gasteiger partial charge in [0.15, 0.2) is 0 Å². The second-order valence-corrected chi connectivity index (χ2v) is 5.46. The SMILES string of the molecule is CN1CCCC(N(C)c2nccc(C(=N)N)c2Cl)C1. The van der Waals surface area contributed by atoms with Crippen molar-refractivity contribution in [3.8, 4) is 0 Å². The van der Waals surface area contributed by atoms with Crippen molar-refractivity contribution in [3.63, 3.8) is 0 Å². The first-order valence-corrected chi connectivity index (χ1v) is 6.78. The van der Waals surface area contributed by atoms with Gasteiger partial charge in [0, 0.05) is 31.4 Å². The fourth-order valence-corrected chi connectivity index (χ4v) is 2.86. The minimum atomic E-state index is -0.0252. The Hall–Kier alpha value is -1.33. The fourth-order valence-electron chi connectivity index (χ4n) is 2.51. The van der Waals surface area contributed by atoms with E-state index >= 15 is 0 Å².